The maximum atomic E-state index is 12.6. The fourth-order valence-electron chi connectivity index (χ4n) is 2.97. The molecule has 0 aliphatic carbocycles. The van der Waals surface area contributed by atoms with E-state index < -0.39 is 12.8 Å². The number of β-amino-alcohol motifs (C(OH)–C–C–N with tert-alkyl or cyclic N) is 1. The number of aliphatic hydroxyl groups excluding tert-OH is 1. The van der Waals surface area contributed by atoms with Crippen LogP contribution in [0.2, 0.25) is 0 Å². The van der Waals surface area contributed by atoms with Crippen LogP contribution in [-0.2, 0) is 19.6 Å². The first-order chi connectivity index (χ1) is 11.2. The zero-order valence-corrected chi connectivity index (χ0v) is 13.1. The first-order valence-electron chi connectivity index (χ1n) is 7.99. The Labute approximate surface area is 136 Å². The second kappa shape index (κ2) is 7.57. The van der Waals surface area contributed by atoms with E-state index in [2.05, 4.69) is 29.2 Å². The molecule has 0 saturated heterocycles. The molecule has 0 saturated carbocycles. The van der Waals surface area contributed by atoms with E-state index in [1.165, 1.54) is 11.1 Å². The third-order valence-corrected chi connectivity index (χ3v) is 4.17. The van der Waals surface area contributed by atoms with Gasteiger partial charge in [0.1, 0.15) is 25.1 Å². The first-order valence-corrected chi connectivity index (χ1v) is 7.99. The Hall–Kier alpha value is -1.91. The molecule has 0 spiro atoms. The van der Waals surface area contributed by atoms with Crippen LogP contribution in [0.4, 0.5) is 4.39 Å². The van der Waals surface area contributed by atoms with Crippen molar-refractivity contribution in [3.05, 3.63) is 65.2 Å². The van der Waals surface area contributed by atoms with Crippen LogP contribution in [-0.4, -0.2) is 35.8 Å². The van der Waals surface area contributed by atoms with Crippen molar-refractivity contribution in [1.82, 2.24) is 4.90 Å². The Morgan fingerprint density at radius 2 is 1.96 bits per heavy atom. The lowest BCUT2D eigenvalue weighted by atomic mass is 10.00. The Bertz CT molecular complexity index is 647. The highest BCUT2D eigenvalue weighted by molar-refractivity contribution is 5.29. The summed E-state index contributed by atoms with van der Waals surface area (Å²) in [6, 6.07) is 15.4. The van der Waals surface area contributed by atoms with Crippen LogP contribution in [0.3, 0.4) is 0 Å². The number of hydrogen-bond acceptors (Lipinski definition) is 3. The second-order valence-corrected chi connectivity index (χ2v) is 6.00. The molecule has 0 radical (unpaired) electrons. The lowest BCUT2D eigenvalue weighted by Crippen LogP contribution is -2.38. The van der Waals surface area contributed by atoms with Crippen molar-refractivity contribution in [2.45, 2.75) is 25.7 Å². The molecule has 23 heavy (non-hydrogen) atoms. The molecule has 4 heteroatoms. The monoisotopic (exact) mass is 315 g/mol. The second-order valence-electron chi connectivity index (χ2n) is 6.00. The van der Waals surface area contributed by atoms with Gasteiger partial charge in [0.2, 0.25) is 0 Å². The Morgan fingerprint density at radius 3 is 2.78 bits per heavy atom. The standard InChI is InChI=1S/C19H22FNO2/c20-11-15-4-3-7-19(10-15)23-14-18(22)13-21-9-8-16-5-1-2-6-17(16)12-21/h1-7,10,18,22H,8-9,11-14H2. The summed E-state index contributed by atoms with van der Waals surface area (Å²) in [6.45, 7) is 2.11. The van der Waals surface area contributed by atoms with Gasteiger partial charge in [-0.15, -0.1) is 0 Å². The molecule has 0 bridgehead atoms. The minimum Gasteiger partial charge on any atom is -0.491 e. The molecule has 1 atom stereocenters. The molecule has 0 fully saturated rings. The van der Waals surface area contributed by atoms with E-state index >= 15 is 0 Å². The average molecular weight is 315 g/mol. The van der Waals surface area contributed by atoms with E-state index in [1.807, 2.05) is 0 Å². The Kier molecular flexibility index (Phi) is 5.26. The molecule has 1 N–H and O–H groups in total. The SMILES string of the molecule is OC(COc1cccc(CF)c1)CN1CCc2ccccc2C1. The van der Waals surface area contributed by atoms with Gasteiger partial charge in [0.15, 0.2) is 0 Å². The van der Waals surface area contributed by atoms with Crippen LogP contribution in [0, 0.1) is 0 Å². The summed E-state index contributed by atoms with van der Waals surface area (Å²) < 4.78 is 18.2. The highest BCUT2D eigenvalue weighted by atomic mass is 19.1. The van der Waals surface area contributed by atoms with Gasteiger partial charge in [0.25, 0.3) is 0 Å². The van der Waals surface area contributed by atoms with E-state index in [-0.39, 0.29) is 6.61 Å². The summed E-state index contributed by atoms with van der Waals surface area (Å²) in [4.78, 5) is 2.24. The van der Waals surface area contributed by atoms with Crippen LogP contribution in [0.25, 0.3) is 0 Å². The number of aliphatic hydroxyl groups is 1. The molecule has 1 heterocycles. The van der Waals surface area contributed by atoms with Gasteiger partial charge in [-0.3, -0.25) is 4.90 Å². The van der Waals surface area contributed by atoms with Crippen LogP contribution >= 0.6 is 0 Å². The number of halogens is 1. The summed E-state index contributed by atoms with van der Waals surface area (Å²) in [6.07, 6.45) is 0.455. The van der Waals surface area contributed by atoms with Crippen molar-refractivity contribution in [3.63, 3.8) is 0 Å². The van der Waals surface area contributed by atoms with Crippen molar-refractivity contribution in [3.8, 4) is 5.75 Å². The van der Waals surface area contributed by atoms with Gasteiger partial charge in [-0.1, -0.05) is 36.4 Å². The van der Waals surface area contributed by atoms with Crippen LogP contribution in [0.15, 0.2) is 48.5 Å². The van der Waals surface area contributed by atoms with E-state index in [9.17, 15) is 9.50 Å². The molecular formula is C19H22FNO2. The van der Waals surface area contributed by atoms with Gasteiger partial charge in [0.05, 0.1) is 0 Å². The molecule has 1 aliphatic heterocycles. The molecule has 0 amide bonds. The quantitative estimate of drug-likeness (QED) is 0.889. The molecule has 1 aliphatic rings. The molecule has 2 aromatic rings. The topological polar surface area (TPSA) is 32.7 Å². The fraction of sp³-hybridized carbons (Fsp3) is 0.368. The molecule has 3 rings (SSSR count). The van der Waals surface area contributed by atoms with E-state index in [1.54, 1.807) is 24.3 Å². The Morgan fingerprint density at radius 1 is 1.13 bits per heavy atom. The average Bonchev–Trinajstić information content (AvgIpc) is 2.60. The lowest BCUT2D eigenvalue weighted by Gasteiger charge is -2.30. The fourth-order valence-corrected chi connectivity index (χ4v) is 2.97. The number of nitrogens with zero attached hydrogens (tertiary/aromatic N) is 1. The first kappa shape index (κ1) is 16.0. The largest absolute Gasteiger partial charge is 0.491 e. The van der Waals surface area contributed by atoms with Crippen molar-refractivity contribution in [2.24, 2.45) is 0 Å². The van der Waals surface area contributed by atoms with Crippen LogP contribution < -0.4 is 4.74 Å². The van der Waals surface area contributed by atoms with Crippen molar-refractivity contribution in [2.75, 3.05) is 19.7 Å². The predicted octanol–water partition coefficient (Wildman–Crippen LogP) is 2.95. The molecule has 3 nitrogen and oxygen atoms in total. The number of alkyl halides is 1. The van der Waals surface area contributed by atoms with E-state index in [0.717, 1.165) is 19.5 Å². The van der Waals surface area contributed by atoms with Crippen molar-refractivity contribution >= 4 is 0 Å². The number of ether oxygens (including phenoxy) is 1. The summed E-state index contributed by atoms with van der Waals surface area (Å²) in [5.74, 6) is 0.600. The number of hydrogen-bond donors (Lipinski definition) is 1. The van der Waals surface area contributed by atoms with Gasteiger partial charge in [0, 0.05) is 19.6 Å². The highest BCUT2D eigenvalue weighted by Crippen LogP contribution is 2.19. The minimum absolute atomic E-state index is 0.216. The zero-order valence-electron chi connectivity index (χ0n) is 13.1. The maximum absolute atomic E-state index is 12.6. The number of rotatable bonds is 6. The van der Waals surface area contributed by atoms with E-state index in [0.29, 0.717) is 17.9 Å². The third-order valence-electron chi connectivity index (χ3n) is 4.17. The minimum atomic E-state index is -0.561. The number of fused-ring (bicyclic) bond motifs is 1. The predicted molar refractivity (Wildman–Crippen MR) is 88.2 cm³/mol. The third kappa shape index (κ3) is 4.30. The van der Waals surface area contributed by atoms with Crippen LogP contribution in [0.1, 0.15) is 16.7 Å². The smallest absolute Gasteiger partial charge is 0.119 e. The van der Waals surface area contributed by atoms with Crippen molar-refractivity contribution in [1.29, 1.82) is 0 Å². The highest BCUT2D eigenvalue weighted by Gasteiger charge is 2.18. The summed E-state index contributed by atoms with van der Waals surface area (Å²) in [5.41, 5.74) is 3.32. The van der Waals surface area contributed by atoms with Crippen molar-refractivity contribution < 1.29 is 14.2 Å². The van der Waals surface area contributed by atoms with E-state index in [4.69, 9.17) is 4.74 Å². The van der Waals surface area contributed by atoms with Gasteiger partial charge in [-0.05, 0) is 35.2 Å². The summed E-state index contributed by atoms with van der Waals surface area (Å²) in [5, 5.41) is 10.2. The maximum Gasteiger partial charge on any atom is 0.119 e. The van der Waals surface area contributed by atoms with Crippen LogP contribution in [0.5, 0.6) is 5.75 Å². The normalized spacial score (nSPS) is 15.9. The van der Waals surface area contributed by atoms with Gasteiger partial charge in [-0.25, -0.2) is 4.39 Å². The Balaban J connectivity index is 1.49. The molecule has 122 valence electrons. The summed E-state index contributed by atoms with van der Waals surface area (Å²) >= 11 is 0. The van der Waals surface area contributed by atoms with Gasteiger partial charge >= 0.3 is 0 Å². The molecule has 2 aromatic carbocycles. The molecular weight excluding hydrogens is 293 g/mol. The zero-order chi connectivity index (χ0) is 16.1. The van der Waals surface area contributed by atoms with Gasteiger partial charge < -0.3 is 9.84 Å². The summed E-state index contributed by atoms with van der Waals surface area (Å²) in [7, 11) is 0. The molecule has 0 aromatic heterocycles. The lowest BCUT2D eigenvalue weighted by molar-refractivity contribution is 0.0637. The molecule has 1 unspecified atom stereocenters. The van der Waals surface area contributed by atoms with Gasteiger partial charge in [-0.2, -0.15) is 0 Å². The number of benzene rings is 2.